The second-order valence-corrected chi connectivity index (χ2v) is 14.1. The third-order valence-electron chi connectivity index (χ3n) is 8.97. The molecule has 1 aliphatic carbocycles. The molecule has 5 rings (SSSR count). The largest absolute Gasteiger partial charge is 0.487 e. The van der Waals surface area contributed by atoms with Gasteiger partial charge < -0.3 is 14.7 Å². The number of hydrogen-bond donors (Lipinski definition) is 2. The summed E-state index contributed by atoms with van der Waals surface area (Å²) in [6.45, 7) is 5.30. The standard InChI is InChI=1S/C31H39ClN2O5S/c1-20-6-5-8-29(35)27-13-10-24(27)18-34-15-4-3-7-22-16-26(32)12-9-25(22)19-39-30-14-11-23(17-28(30)34)31(36)33-40(37,38)21(20)2/h5,8-9,11-12,14,16-17,20-21,24,27,29,35H,3-4,6-7,10,13,15,18-19H2,1-2H3,(H,33,36)/b8-5+/t20-,21-,24+,27-,29?/m1/s1. The van der Waals surface area contributed by atoms with E-state index in [9.17, 15) is 18.3 Å². The molecule has 1 amide bonds. The van der Waals surface area contributed by atoms with Crippen LogP contribution in [0.15, 0.2) is 48.6 Å². The molecule has 1 unspecified atom stereocenters. The number of anilines is 1. The number of halogens is 1. The fraction of sp³-hybridized carbons (Fsp3) is 0.516. The molecule has 40 heavy (non-hydrogen) atoms. The molecule has 0 aromatic heterocycles. The summed E-state index contributed by atoms with van der Waals surface area (Å²) in [5, 5.41) is 10.9. The Balaban J connectivity index is 1.54. The maximum atomic E-state index is 13.3. The van der Waals surface area contributed by atoms with E-state index in [1.165, 1.54) is 5.56 Å². The van der Waals surface area contributed by atoms with Gasteiger partial charge in [-0.3, -0.25) is 4.79 Å². The van der Waals surface area contributed by atoms with Crippen LogP contribution < -0.4 is 14.4 Å². The van der Waals surface area contributed by atoms with Gasteiger partial charge in [-0.15, -0.1) is 0 Å². The molecule has 2 bridgehead atoms. The first kappa shape index (κ1) is 29.0. The molecule has 2 N–H and O–H groups in total. The third kappa shape index (κ3) is 6.34. The number of aryl methyl sites for hydroxylation is 1. The van der Waals surface area contributed by atoms with Crippen molar-refractivity contribution in [1.82, 2.24) is 4.72 Å². The molecule has 3 aliphatic rings. The van der Waals surface area contributed by atoms with Gasteiger partial charge in [0, 0.05) is 23.7 Å². The van der Waals surface area contributed by atoms with Crippen molar-refractivity contribution in [3.63, 3.8) is 0 Å². The number of carbonyl (C=O) groups excluding carboxylic acids is 1. The van der Waals surface area contributed by atoms with E-state index in [1.807, 2.05) is 37.3 Å². The lowest BCUT2D eigenvalue weighted by Crippen LogP contribution is -2.43. The van der Waals surface area contributed by atoms with Crippen LogP contribution in [-0.2, 0) is 23.1 Å². The van der Waals surface area contributed by atoms with Gasteiger partial charge in [0.1, 0.15) is 12.4 Å². The summed E-state index contributed by atoms with van der Waals surface area (Å²) in [6.07, 6.45) is 8.39. The van der Waals surface area contributed by atoms with Gasteiger partial charge in [0.15, 0.2) is 0 Å². The van der Waals surface area contributed by atoms with Crippen molar-refractivity contribution in [3.8, 4) is 5.75 Å². The van der Waals surface area contributed by atoms with E-state index < -0.39 is 27.3 Å². The first-order valence-electron chi connectivity index (χ1n) is 14.3. The summed E-state index contributed by atoms with van der Waals surface area (Å²) >= 11 is 6.29. The van der Waals surface area contributed by atoms with Crippen LogP contribution in [0.4, 0.5) is 5.69 Å². The van der Waals surface area contributed by atoms with Gasteiger partial charge in [-0.05, 0) is 105 Å². The highest BCUT2D eigenvalue weighted by atomic mass is 35.5. The Morgan fingerprint density at radius 3 is 2.67 bits per heavy atom. The van der Waals surface area contributed by atoms with E-state index in [0.29, 0.717) is 29.7 Å². The quantitative estimate of drug-likeness (QED) is 0.396. The smallest absolute Gasteiger partial charge is 0.264 e. The van der Waals surface area contributed by atoms with Crippen molar-refractivity contribution in [2.45, 2.75) is 70.3 Å². The number of amides is 1. The van der Waals surface area contributed by atoms with E-state index in [0.717, 1.165) is 56.4 Å². The lowest BCUT2D eigenvalue weighted by Gasteiger charge is -2.42. The number of sulfonamides is 1. The highest BCUT2D eigenvalue weighted by Gasteiger charge is 2.37. The average Bonchev–Trinajstić information content (AvgIpc) is 2.92. The van der Waals surface area contributed by atoms with Crippen LogP contribution in [0.25, 0.3) is 0 Å². The van der Waals surface area contributed by atoms with Gasteiger partial charge in [0.05, 0.1) is 17.0 Å². The molecule has 0 saturated heterocycles. The highest BCUT2D eigenvalue weighted by Crippen LogP contribution is 2.41. The average molecular weight is 587 g/mol. The number of aliphatic hydroxyl groups excluding tert-OH is 1. The number of nitrogens with one attached hydrogen (secondary N) is 1. The van der Waals surface area contributed by atoms with Crippen molar-refractivity contribution in [2.75, 3.05) is 18.0 Å². The fourth-order valence-electron chi connectivity index (χ4n) is 5.99. The number of allylic oxidation sites excluding steroid dienone is 1. The Bertz CT molecular complexity index is 1380. The summed E-state index contributed by atoms with van der Waals surface area (Å²) in [5.74, 6) is 0.210. The second-order valence-electron chi connectivity index (χ2n) is 11.6. The molecule has 2 aromatic carbocycles. The van der Waals surface area contributed by atoms with Crippen LogP contribution in [0.3, 0.4) is 0 Å². The maximum Gasteiger partial charge on any atom is 0.264 e. The Morgan fingerprint density at radius 2 is 1.90 bits per heavy atom. The normalized spacial score (nSPS) is 29.9. The number of rotatable bonds is 0. The summed E-state index contributed by atoms with van der Waals surface area (Å²) in [4.78, 5) is 15.5. The van der Waals surface area contributed by atoms with Crippen molar-refractivity contribution in [3.05, 3.63) is 70.3 Å². The second kappa shape index (κ2) is 12.1. The van der Waals surface area contributed by atoms with Crippen LogP contribution in [0.1, 0.15) is 67.4 Å². The van der Waals surface area contributed by atoms with E-state index in [2.05, 4.69) is 9.62 Å². The summed E-state index contributed by atoms with van der Waals surface area (Å²) in [5.41, 5.74) is 3.29. The van der Waals surface area contributed by atoms with E-state index in [-0.39, 0.29) is 17.4 Å². The fourth-order valence-corrected chi connectivity index (χ4v) is 7.47. The number of aliphatic hydroxyl groups is 1. The predicted octanol–water partition coefficient (Wildman–Crippen LogP) is 5.49. The first-order chi connectivity index (χ1) is 19.1. The van der Waals surface area contributed by atoms with E-state index in [4.69, 9.17) is 16.3 Å². The Hall–Kier alpha value is -2.55. The van der Waals surface area contributed by atoms with Gasteiger partial charge in [-0.1, -0.05) is 36.7 Å². The molecule has 2 aliphatic heterocycles. The number of benzene rings is 2. The van der Waals surface area contributed by atoms with Crippen LogP contribution >= 0.6 is 11.6 Å². The Labute approximate surface area is 242 Å². The van der Waals surface area contributed by atoms with Gasteiger partial charge in [-0.2, -0.15) is 0 Å². The Kier molecular flexibility index (Phi) is 8.78. The molecule has 9 heteroatoms. The molecular weight excluding hydrogens is 548 g/mol. The van der Waals surface area contributed by atoms with E-state index in [1.54, 1.807) is 25.1 Å². The number of ether oxygens (including phenoxy) is 1. The number of fused-ring (bicyclic) bond motifs is 3. The van der Waals surface area contributed by atoms with Crippen molar-refractivity contribution >= 4 is 33.2 Å². The van der Waals surface area contributed by atoms with Crippen molar-refractivity contribution in [1.29, 1.82) is 0 Å². The highest BCUT2D eigenvalue weighted by molar-refractivity contribution is 7.90. The molecule has 2 heterocycles. The summed E-state index contributed by atoms with van der Waals surface area (Å²) in [7, 11) is -3.91. The maximum absolute atomic E-state index is 13.3. The molecule has 0 radical (unpaired) electrons. The summed E-state index contributed by atoms with van der Waals surface area (Å²) < 4.78 is 34.8. The van der Waals surface area contributed by atoms with Gasteiger partial charge in [0.25, 0.3) is 5.91 Å². The van der Waals surface area contributed by atoms with Crippen LogP contribution in [0.5, 0.6) is 5.75 Å². The van der Waals surface area contributed by atoms with Gasteiger partial charge >= 0.3 is 0 Å². The molecule has 0 spiro atoms. The number of nitrogens with zero attached hydrogens (tertiary/aromatic N) is 1. The third-order valence-corrected chi connectivity index (χ3v) is 11.1. The monoisotopic (exact) mass is 586 g/mol. The number of carbonyl (C=O) groups is 1. The van der Waals surface area contributed by atoms with Crippen LogP contribution in [-0.4, -0.2) is 43.9 Å². The van der Waals surface area contributed by atoms with Crippen LogP contribution in [0, 0.1) is 17.8 Å². The molecule has 1 fully saturated rings. The van der Waals surface area contributed by atoms with Gasteiger partial charge in [-0.25, -0.2) is 13.1 Å². The minimum absolute atomic E-state index is 0.140. The molecule has 5 atom stereocenters. The van der Waals surface area contributed by atoms with Crippen molar-refractivity contribution in [2.24, 2.45) is 17.8 Å². The molecular formula is C31H39ClN2O5S. The first-order valence-corrected chi connectivity index (χ1v) is 16.2. The lowest BCUT2D eigenvalue weighted by atomic mass is 9.70. The molecule has 7 nitrogen and oxygen atoms in total. The molecule has 216 valence electrons. The van der Waals surface area contributed by atoms with Crippen LogP contribution in [0.2, 0.25) is 5.02 Å². The topological polar surface area (TPSA) is 95.9 Å². The predicted molar refractivity (Wildman–Crippen MR) is 158 cm³/mol. The van der Waals surface area contributed by atoms with Crippen molar-refractivity contribution < 1.29 is 23.1 Å². The van der Waals surface area contributed by atoms with E-state index >= 15 is 0 Å². The Morgan fingerprint density at radius 1 is 1.07 bits per heavy atom. The summed E-state index contributed by atoms with van der Waals surface area (Å²) in [6, 6.07) is 11.0. The zero-order valence-electron chi connectivity index (χ0n) is 23.2. The lowest BCUT2D eigenvalue weighted by molar-refractivity contribution is 0.0461. The zero-order chi connectivity index (χ0) is 28.4. The minimum Gasteiger partial charge on any atom is -0.487 e. The SMILES string of the molecule is C[C@@H]1C/C=C/C(O)[C@@H]2CC[C@H]2CN2CCCCc3cc(Cl)ccc3COc3ccc(cc32)C(=O)NS(=O)(=O)[C@@H]1C. The minimum atomic E-state index is -3.91. The number of hydrogen-bond acceptors (Lipinski definition) is 6. The molecule has 2 aromatic rings. The molecule has 1 saturated carbocycles. The van der Waals surface area contributed by atoms with Gasteiger partial charge in [0.2, 0.25) is 10.0 Å². The zero-order valence-corrected chi connectivity index (χ0v) is 24.8.